The molecule has 0 radical (unpaired) electrons. The van der Waals surface area contributed by atoms with E-state index in [0.717, 1.165) is 26.1 Å². The highest BCUT2D eigenvalue weighted by Crippen LogP contribution is 2.10. The average molecular weight is 253 g/mol. The predicted octanol–water partition coefficient (Wildman–Crippen LogP) is 0.977. The molecule has 0 aliphatic carbocycles. The minimum atomic E-state index is 0.211. The van der Waals surface area contributed by atoms with Gasteiger partial charge >= 0.3 is 0 Å². The van der Waals surface area contributed by atoms with Crippen molar-refractivity contribution in [1.29, 1.82) is 0 Å². The van der Waals surface area contributed by atoms with Crippen LogP contribution in [-0.2, 0) is 4.79 Å². The van der Waals surface area contributed by atoms with Gasteiger partial charge in [-0.2, -0.15) is 0 Å². The summed E-state index contributed by atoms with van der Waals surface area (Å²) in [6, 6.07) is 0.416. The van der Waals surface area contributed by atoms with Crippen LogP contribution >= 0.6 is 0 Å². The fraction of sp³-hybridized carbons (Fsp3) is 0.929. The molecule has 1 amide bonds. The van der Waals surface area contributed by atoms with E-state index in [0.29, 0.717) is 18.4 Å². The Labute approximate surface area is 110 Å². The molecule has 2 atom stereocenters. The normalized spacial score (nSPS) is 26.4. The number of hydrogen-bond acceptors (Lipinski definition) is 3. The molecule has 0 aromatic rings. The standard InChI is InChI=1S/C14H27N3O/c1-12(11-17-7-2-3-8-17)10-16-14(18)9-13-5-4-6-15-13/h12-13,15H,2-11H2,1H3,(H,16,18). The summed E-state index contributed by atoms with van der Waals surface area (Å²) >= 11 is 0. The lowest BCUT2D eigenvalue weighted by Gasteiger charge is -2.20. The Hall–Kier alpha value is -0.610. The van der Waals surface area contributed by atoms with E-state index in [-0.39, 0.29) is 5.91 Å². The lowest BCUT2D eigenvalue weighted by molar-refractivity contribution is -0.121. The summed E-state index contributed by atoms with van der Waals surface area (Å²) < 4.78 is 0. The molecule has 2 aliphatic rings. The van der Waals surface area contributed by atoms with Gasteiger partial charge in [0.15, 0.2) is 0 Å². The van der Waals surface area contributed by atoms with Crippen molar-refractivity contribution >= 4 is 5.91 Å². The topological polar surface area (TPSA) is 44.4 Å². The molecule has 2 aliphatic heterocycles. The second kappa shape index (κ2) is 7.10. The highest BCUT2D eigenvalue weighted by molar-refractivity contribution is 5.76. The van der Waals surface area contributed by atoms with E-state index in [1.54, 1.807) is 0 Å². The van der Waals surface area contributed by atoms with Crippen molar-refractivity contribution in [3.8, 4) is 0 Å². The number of rotatable bonds is 6. The van der Waals surface area contributed by atoms with Crippen LogP contribution < -0.4 is 10.6 Å². The van der Waals surface area contributed by atoms with Crippen LogP contribution in [0.1, 0.15) is 39.0 Å². The zero-order chi connectivity index (χ0) is 12.8. The molecule has 0 aromatic heterocycles. The van der Waals surface area contributed by atoms with Crippen molar-refractivity contribution in [1.82, 2.24) is 15.5 Å². The van der Waals surface area contributed by atoms with Crippen LogP contribution in [0.2, 0.25) is 0 Å². The molecular weight excluding hydrogens is 226 g/mol. The third-order valence-corrected chi connectivity index (χ3v) is 4.01. The fourth-order valence-electron chi connectivity index (χ4n) is 2.99. The number of nitrogens with zero attached hydrogens (tertiary/aromatic N) is 1. The van der Waals surface area contributed by atoms with Crippen molar-refractivity contribution in [3.63, 3.8) is 0 Å². The SMILES string of the molecule is CC(CNC(=O)CC1CCCN1)CN1CCCC1. The molecule has 104 valence electrons. The summed E-state index contributed by atoms with van der Waals surface area (Å²) in [6.07, 6.45) is 5.69. The summed E-state index contributed by atoms with van der Waals surface area (Å²) in [5.74, 6) is 0.770. The van der Waals surface area contributed by atoms with Crippen LogP contribution in [0.5, 0.6) is 0 Å². The molecular formula is C14H27N3O. The van der Waals surface area contributed by atoms with Crippen molar-refractivity contribution in [3.05, 3.63) is 0 Å². The molecule has 2 unspecified atom stereocenters. The van der Waals surface area contributed by atoms with E-state index >= 15 is 0 Å². The van der Waals surface area contributed by atoms with Gasteiger partial charge in [0, 0.05) is 25.6 Å². The van der Waals surface area contributed by atoms with Gasteiger partial charge in [0.25, 0.3) is 0 Å². The largest absolute Gasteiger partial charge is 0.356 e. The van der Waals surface area contributed by atoms with Crippen molar-refractivity contribution < 1.29 is 4.79 Å². The van der Waals surface area contributed by atoms with E-state index < -0.39 is 0 Å². The molecule has 2 N–H and O–H groups in total. The lowest BCUT2D eigenvalue weighted by atomic mass is 10.1. The van der Waals surface area contributed by atoms with Crippen LogP contribution in [0.15, 0.2) is 0 Å². The zero-order valence-corrected chi connectivity index (χ0v) is 11.6. The Balaban J connectivity index is 1.56. The molecule has 0 spiro atoms. The Kier molecular flexibility index (Phi) is 5.45. The highest BCUT2D eigenvalue weighted by atomic mass is 16.1. The van der Waals surface area contributed by atoms with Crippen LogP contribution in [-0.4, -0.2) is 49.6 Å². The molecule has 4 heteroatoms. The van der Waals surface area contributed by atoms with Gasteiger partial charge in [0.05, 0.1) is 0 Å². The second-order valence-electron chi connectivity index (χ2n) is 5.91. The van der Waals surface area contributed by atoms with Gasteiger partial charge in [-0.1, -0.05) is 6.92 Å². The Morgan fingerprint density at radius 1 is 1.39 bits per heavy atom. The first-order valence-electron chi connectivity index (χ1n) is 7.46. The van der Waals surface area contributed by atoms with Gasteiger partial charge < -0.3 is 15.5 Å². The first kappa shape index (κ1) is 13.8. The molecule has 2 fully saturated rings. The van der Waals surface area contributed by atoms with Gasteiger partial charge in [-0.15, -0.1) is 0 Å². The molecule has 4 nitrogen and oxygen atoms in total. The van der Waals surface area contributed by atoms with Gasteiger partial charge in [0.1, 0.15) is 0 Å². The Morgan fingerprint density at radius 2 is 2.17 bits per heavy atom. The first-order valence-corrected chi connectivity index (χ1v) is 7.46. The number of likely N-dealkylation sites (tertiary alicyclic amines) is 1. The molecule has 2 rings (SSSR count). The van der Waals surface area contributed by atoms with Crippen molar-refractivity contribution in [2.45, 2.75) is 45.1 Å². The van der Waals surface area contributed by atoms with Crippen LogP contribution in [0.3, 0.4) is 0 Å². The van der Waals surface area contributed by atoms with E-state index in [1.165, 1.54) is 32.4 Å². The van der Waals surface area contributed by atoms with Crippen LogP contribution in [0.25, 0.3) is 0 Å². The minimum absolute atomic E-state index is 0.211. The van der Waals surface area contributed by atoms with Gasteiger partial charge in [0.2, 0.25) is 5.91 Å². The van der Waals surface area contributed by atoms with Gasteiger partial charge in [-0.25, -0.2) is 0 Å². The average Bonchev–Trinajstić information content (AvgIpc) is 2.99. The fourth-order valence-corrected chi connectivity index (χ4v) is 2.99. The maximum Gasteiger partial charge on any atom is 0.221 e. The number of carbonyl (C=O) groups excluding carboxylic acids is 1. The van der Waals surface area contributed by atoms with E-state index in [4.69, 9.17) is 0 Å². The predicted molar refractivity (Wildman–Crippen MR) is 73.5 cm³/mol. The lowest BCUT2D eigenvalue weighted by Crippen LogP contribution is -2.37. The summed E-state index contributed by atoms with van der Waals surface area (Å²) in [6.45, 7) is 7.73. The smallest absolute Gasteiger partial charge is 0.221 e. The van der Waals surface area contributed by atoms with Crippen LogP contribution in [0, 0.1) is 5.92 Å². The Morgan fingerprint density at radius 3 is 2.83 bits per heavy atom. The summed E-state index contributed by atoms with van der Waals surface area (Å²) in [5.41, 5.74) is 0. The molecule has 0 aromatic carbocycles. The summed E-state index contributed by atoms with van der Waals surface area (Å²) in [7, 11) is 0. The third kappa shape index (κ3) is 4.58. The van der Waals surface area contributed by atoms with Crippen molar-refractivity contribution in [2.24, 2.45) is 5.92 Å². The molecule has 18 heavy (non-hydrogen) atoms. The van der Waals surface area contributed by atoms with Crippen LogP contribution in [0.4, 0.5) is 0 Å². The molecule has 0 saturated carbocycles. The summed E-state index contributed by atoms with van der Waals surface area (Å²) in [5, 5.41) is 6.44. The van der Waals surface area contributed by atoms with E-state index in [1.807, 2.05) is 0 Å². The monoisotopic (exact) mass is 253 g/mol. The number of hydrogen-bond donors (Lipinski definition) is 2. The maximum atomic E-state index is 11.8. The van der Waals surface area contributed by atoms with Gasteiger partial charge in [-0.05, 0) is 51.2 Å². The molecule has 0 bridgehead atoms. The minimum Gasteiger partial charge on any atom is -0.356 e. The number of nitrogens with one attached hydrogen (secondary N) is 2. The maximum absolute atomic E-state index is 11.8. The Bertz CT molecular complexity index is 258. The summed E-state index contributed by atoms with van der Waals surface area (Å²) in [4.78, 5) is 14.3. The van der Waals surface area contributed by atoms with Gasteiger partial charge in [-0.3, -0.25) is 4.79 Å². The van der Waals surface area contributed by atoms with E-state index in [9.17, 15) is 4.79 Å². The second-order valence-corrected chi connectivity index (χ2v) is 5.91. The van der Waals surface area contributed by atoms with Crippen molar-refractivity contribution in [2.75, 3.05) is 32.7 Å². The first-order chi connectivity index (χ1) is 8.74. The zero-order valence-electron chi connectivity index (χ0n) is 11.6. The highest BCUT2D eigenvalue weighted by Gasteiger charge is 2.18. The third-order valence-electron chi connectivity index (χ3n) is 4.01. The number of carbonyl (C=O) groups is 1. The molecule has 2 saturated heterocycles. The number of amides is 1. The quantitative estimate of drug-likeness (QED) is 0.741. The van der Waals surface area contributed by atoms with E-state index in [2.05, 4.69) is 22.5 Å². The molecule has 2 heterocycles.